The van der Waals surface area contributed by atoms with E-state index in [0.717, 1.165) is 15.6 Å². The number of tetrazole rings is 1. The number of nitrogens with zero attached hydrogens (tertiary/aromatic N) is 4. The highest BCUT2D eigenvalue weighted by atomic mass is 79.9. The first kappa shape index (κ1) is 15.6. The van der Waals surface area contributed by atoms with E-state index in [1.807, 2.05) is 39.0 Å². The average molecular weight is 353 g/mol. The highest BCUT2D eigenvalue weighted by Gasteiger charge is 2.40. The van der Waals surface area contributed by atoms with Gasteiger partial charge in [0.2, 0.25) is 0 Å². The Hall–Kier alpha value is -1.76. The molecule has 0 saturated carbocycles. The molecule has 112 valence electrons. The first-order valence-corrected chi connectivity index (χ1v) is 7.55. The summed E-state index contributed by atoms with van der Waals surface area (Å²) in [6, 6.07) is 5.73. The van der Waals surface area contributed by atoms with E-state index in [1.54, 1.807) is 0 Å². The van der Waals surface area contributed by atoms with Crippen molar-refractivity contribution in [2.75, 3.05) is 0 Å². The Morgan fingerprint density at radius 2 is 2.05 bits per heavy atom. The van der Waals surface area contributed by atoms with Crippen LogP contribution in [-0.2, 0) is 10.3 Å². The minimum Gasteiger partial charge on any atom is -0.479 e. The summed E-state index contributed by atoms with van der Waals surface area (Å²) >= 11 is 3.53. The van der Waals surface area contributed by atoms with Gasteiger partial charge in [-0.3, -0.25) is 0 Å². The number of carboxylic acids is 1. The van der Waals surface area contributed by atoms with Crippen molar-refractivity contribution in [1.29, 1.82) is 0 Å². The third-order valence-corrected chi connectivity index (χ3v) is 4.93. The number of aryl methyl sites for hydroxylation is 1. The molecular weight excluding hydrogens is 336 g/mol. The number of hydrogen-bond donors (Lipinski definition) is 1. The van der Waals surface area contributed by atoms with Gasteiger partial charge in [-0.25, -0.2) is 9.48 Å². The van der Waals surface area contributed by atoms with Crippen molar-refractivity contribution in [3.63, 3.8) is 0 Å². The first-order valence-electron chi connectivity index (χ1n) is 6.75. The monoisotopic (exact) mass is 352 g/mol. The first-order chi connectivity index (χ1) is 9.97. The van der Waals surface area contributed by atoms with Gasteiger partial charge in [0, 0.05) is 10.0 Å². The van der Waals surface area contributed by atoms with Crippen LogP contribution in [-0.4, -0.2) is 31.3 Å². The molecule has 1 aromatic heterocycles. The average Bonchev–Trinajstić information content (AvgIpc) is 2.93. The standard InChI is InChI=1S/C14H17BrN4O2/c1-4-14(5-2,13(20)21)19-12(16-17-18-19)10-8-6-7-9(3)11(10)15/h6-8H,4-5H2,1-3H3,(H,20,21). The Morgan fingerprint density at radius 3 is 2.62 bits per heavy atom. The molecule has 0 atom stereocenters. The van der Waals surface area contributed by atoms with Gasteiger partial charge >= 0.3 is 5.97 Å². The number of hydrogen-bond acceptors (Lipinski definition) is 4. The highest BCUT2D eigenvalue weighted by molar-refractivity contribution is 9.10. The van der Waals surface area contributed by atoms with Crippen LogP contribution in [0.25, 0.3) is 11.4 Å². The van der Waals surface area contributed by atoms with Crippen LogP contribution in [0.1, 0.15) is 32.3 Å². The predicted molar refractivity (Wildman–Crippen MR) is 81.9 cm³/mol. The Labute approximate surface area is 131 Å². The van der Waals surface area contributed by atoms with Crippen molar-refractivity contribution < 1.29 is 9.90 Å². The molecule has 2 rings (SSSR count). The molecule has 6 nitrogen and oxygen atoms in total. The van der Waals surface area contributed by atoms with Crippen LogP contribution < -0.4 is 0 Å². The van der Waals surface area contributed by atoms with Gasteiger partial charge in [0.1, 0.15) is 0 Å². The number of carbonyl (C=O) groups is 1. The fourth-order valence-electron chi connectivity index (χ4n) is 2.41. The lowest BCUT2D eigenvalue weighted by atomic mass is 9.92. The van der Waals surface area contributed by atoms with Gasteiger partial charge in [-0.15, -0.1) is 5.10 Å². The van der Waals surface area contributed by atoms with Gasteiger partial charge in [-0.2, -0.15) is 0 Å². The molecular formula is C14H17BrN4O2. The van der Waals surface area contributed by atoms with Crippen LogP contribution in [0.3, 0.4) is 0 Å². The molecule has 0 aliphatic carbocycles. The molecule has 0 spiro atoms. The predicted octanol–water partition coefficient (Wildman–Crippen LogP) is 3.01. The molecule has 21 heavy (non-hydrogen) atoms. The van der Waals surface area contributed by atoms with E-state index in [9.17, 15) is 9.90 Å². The smallest absolute Gasteiger partial charge is 0.331 e. The summed E-state index contributed by atoms with van der Waals surface area (Å²) in [4.78, 5) is 11.8. The zero-order valence-corrected chi connectivity index (χ0v) is 13.8. The molecule has 1 aromatic carbocycles. The minimum absolute atomic E-state index is 0.403. The van der Waals surface area contributed by atoms with Gasteiger partial charge < -0.3 is 5.11 Å². The molecule has 0 aliphatic heterocycles. The molecule has 0 amide bonds. The summed E-state index contributed by atoms with van der Waals surface area (Å²) in [5.74, 6) is -0.471. The zero-order valence-electron chi connectivity index (χ0n) is 12.2. The van der Waals surface area contributed by atoms with Crippen molar-refractivity contribution in [2.45, 2.75) is 39.2 Å². The van der Waals surface area contributed by atoms with Crippen molar-refractivity contribution in [2.24, 2.45) is 0 Å². The van der Waals surface area contributed by atoms with Crippen molar-refractivity contribution in [1.82, 2.24) is 20.2 Å². The molecule has 1 heterocycles. The SMILES string of the molecule is CCC(CC)(C(=O)O)n1nnnc1-c1cccc(C)c1Br. The summed E-state index contributed by atoms with van der Waals surface area (Å²) in [5, 5.41) is 21.3. The molecule has 0 saturated heterocycles. The van der Waals surface area contributed by atoms with Gasteiger partial charge in [0.15, 0.2) is 11.4 Å². The van der Waals surface area contributed by atoms with Crippen molar-refractivity contribution >= 4 is 21.9 Å². The number of halogens is 1. The molecule has 0 fully saturated rings. The lowest BCUT2D eigenvalue weighted by Crippen LogP contribution is -2.42. The van der Waals surface area contributed by atoms with Gasteiger partial charge in [0.25, 0.3) is 0 Å². The van der Waals surface area contributed by atoms with E-state index in [0.29, 0.717) is 18.7 Å². The maximum atomic E-state index is 11.8. The van der Waals surface area contributed by atoms with Gasteiger partial charge in [0.05, 0.1) is 0 Å². The van der Waals surface area contributed by atoms with Gasteiger partial charge in [-0.05, 0) is 57.8 Å². The largest absolute Gasteiger partial charge is 0.479 e. The minimum atomic E-state index is -1.14. The molecule has 1 N–H and O–H groups in total. The molecule has 0 radical (unpaired) electrons. The van der Waals surface area contributed by atoms with E-state index >= 15 is 0 Å². The van der Waals surface area contributed by atoms with E-state index < -0.39 is 11.5 Å². The number of aliphatic carboxylic acids is 1. The lowest BCUT2D eigenvalue weighted by Gasteiger charge is -2.27. The van der Waals surface area contributed by atoms with E-state index in [1.165, 1.54) is 4.68 Å². The summed E-state index contributed by atoms with van der Waals surface area (Å²) in [7, 11) is 0. The third kappa shape index (κ3) is 2.46. The molecule has 0 aliphatic rings. The quantitative estimate of drug-likeness (QED) is 0.894. The lowest BCUT2D eigenvalue weighted by molar-refractivity contribution is -0.148. The third-order valence-electron chi connectivity index (χ3n) is 3.88. The van der Waals surface area contributed by atoms with E-state index in [-0.39, 0.29) is 0 Å². The maximum Gasteiger partial charge on any atom is 0.331 e. The van der Waals surface area contributed by atoms with Crippen LogP contribution >= 0.6 is 15.9 Å². The Balaban J connectivity index is 2.68. The zero-order chi connectivity index (χ0) is 15.6. The summed E-state index contributed by atoms with van der Waals surface area (Å²) in [5.41, 5.74) is 0.686. The molecule has 0 unspecified atom stereocenters. The number of carboxylic acid groups (broad SMARTS) is 1. The number of rotatable bonds is 5. The highest BCUT2D eigenvalue weighted by Crippen LogP contribution is 2.34. The molecule has 0 bridgehead atoms. The fraction of sp³-hybridized carbons (Fsp3) is 0.429. The van der Waals surface area contributed by atoms with Crippen LogP contribution in [0.2, 0.25) is 0 Å². The molecule has 7 heteroatoms. The summed E-state index contributed by atoms with van der Waals surface area (Å²) < 4.78 is 2.29. The normalized spacial score (nSPS) is 11.6. The number of benzene rings is 1. The Bertz CT molecular complexity index is 665. The Morgan fingerprint density at radius 1 is 1.38 bits per heavy atom. The summed E-state index contributed by atoms with van der Waals surface area (Å²) in [6.07, 6.45) is 0.806. The summed E-state index contributed by atoms with van der Waals surface area (Å²) in [6.45, 7) is 5.62. The van der Waals surface area contributed by atoms with Crippen molar-refractivity contribution in [3.8, 4) is 11.4 Å². The van der Waals surface area contributed by atoms with Crippen LogP contribution in [0.15, 0.2) is 22.7 Å². The van der Waals surface area contributed by atoms with Crippen LogP contribution in [0.5, 0.6) is 0 Å². The van der Waals surface area contributed by atoms with E-state index in [2.05, 4.69) is 31.5 Å². The molecule has 2 aromatic rings. The van der Waals surface area contributed by atoms with Crippen molar-refractivity contribution in [3.05, 3.63) is 28.2 Å². The topological polar surface area (TPSA) is 80.9 Å². The maximum absolute atomic E-state index is 11.8. The second-order valence-corrected chi connectivity index (χ2v) is 5.69. The second-order valence-electron chi connectivity index (χ2n) is 4.89. The van der Waals surface area contributed by atoms with E-state index in [4.69, 9.17) is 0 Å². The van der Waals surface area contributed by atoms with Gasteiger partial charge in [-0.1, -0.05) is 26.0 Å². The second kappa shape index (κ2) is 5.93. The Kier molecular flexibility index (Phi) is 4.41. The van der Waals surface area contributed by atoms with Crippen LogP contribution in [0, 0.1) is 6.92 Å². The fourth-order valence-corrected chi connectivity index (χ4v) is 2.85. The van der Waals surface area contributed by atoms with Crippen LogP contribution in [0.4, 0.5) is 0 Å². The number of aromatic nitrogens is 4.